The van der Waals surface area contributed by atoms with Crippen molar-refractivity contribution < 1.29 is 13.2 Å². The van der Waals surface area contributed by atoms with E-state index in [2.05, 4.69) is 15.3 Å². The Balaban J connectivity index is 1.97. The number of aromatic nitrogens is 2. The molecule has 2 aromatic heterocycles. The van der Waals surface area contributed by atoms with Gasteiger partial charge in [-0.25, -0.2) is 4.98 Å². The Morgan fingerprint density at radius 1 is 1.44 bits per heavy atom. The van der Waals surface area contributed by atoms with Crippen LogP contribution in [0.3, 0.4) is 0 Å². The number of hydrogen-bond donors (Lipinski definition) is 1. The van der Waals surface area contributed by atoms with E-state index in [1.807, 2.05) is 48.8 Å². The molecule has 0 saturated carbocycles. The zero-order valence-corrected chi connectivity index (χ0v) is 15.3. The quantitative estimate of drug-likeness (QED) is 0.625. The number of nitrogens with zero attached hydrogens (tertiary/aromatic N) is 4. The number of nitrogens with one attached hydrogen (secondary N) is 1. The number of hydrogen-bond acceptors (Lipinski definition) is 3. The van der Waals surface area contributed by atoms with E-state index in [0.717, 1.165) is 28.4 Å². The lowest BCUT2D eigenvalue weighted by Gasteiger charge is -2.22. The van der Waals surface area contributed by atoms with Gasteiger partial charge in [-0.3, -0.25) is 4.99 Å². The number of rotatable bonds is 6. The van der Waals surface area contributed by atoms with E-state index in [1.165, 1.54) is 0 Å². The van der Waals surface area contributed by atoms with E-state index in [9.17, 15) is 13.2 Å². The second-order valence-corrected chi connectivity index (χ2v) is 6.52. The Morgan fingerprint density at radius 2 is 2.20 bits per heavy atom. The third kappa shape index (κ3) is 5.48. The number of halogens is 3. The lowest BCUT2D eigenvalue weighted by atomic mass is 10.4. The van der Waals surface area contributed by atoms with E-state index >= 15 is 0 Å². The third-order valence-corrected chi connectivity index (χ3v) is 4.48. The van der Waals surface area contributed by atoms with Gasteiger partial charge in [-0.1, -0.05) is 0 Å². The van der Waals surface area contributed by atoms with Gasteiger partial charge in [0.15, 0.2) is 11.7 Å². The molecule has 5 nitrogen and oxygen atoms in total. The first-order valence-electron chi connectivity index (χ1n) is 7.92. The average molecular weight is 373 g/mol. The minimum atomic E-state index is -4.39. The molecule has 0 amide bonds. The largest absolute Gasteiger partial charge is 0.434 e. The van der Waals surface area contributed by atoms with E-state index in [0.29, 0.717) is 31.1 Å². The van der Waals surface area contributed by atoms with Crippen molar-refractivity contribution in [1.29, 1.82) is 0 Å². The molecule has 0 saturated heterocycles. The highest BCUT2D eigenvalue weighted by Gasteiger charge is 2.33. The van der Waals surface area contributed by atoms with E-state index in [4.69, 9.17) is 0 Å². The standard InChI is InChI=1S/C16H22F3N5S/c1-4-20-15(24(3)10-12-6-5-9-23(12)2)21-8-7-14-22-13(11-25-14)16(17,18)19/h5-6,9,11H,4,7-8,10H2,1-3H3,(H,20,21). The van der Waals surface area contributed by atoms with Crippen molar-refractivity contribution in [2.45, 2.75) is 26.1 Å². The van der Waals surface area contributed by atoms with Gasteiger partial charge in [0.1, 0.15) is 0 Å². The Morgan fingerprint density at radius 3 is 2.76 bits per heavy atom. The average Bonchev–Trinajstić information content (AvgIpc) is 3.16. The van der Waals surface area contributed by atoms with Gasteiger partial charge >= 0.3 is 6.18 Å². The molecule has 138 valence electrons. The Bertz CT molecular complexity index is 705. The molecule has 0 bridgehead atoms. The summed E-state index contributed by atoms with van der Waals surface area (Å²) in [5.74, 6) is 0.719. The molecule has 2 heterocycles. The van der Waals surface area contributed by atoms with Crippen molar-refractivity contribution in [1.82, 2.24) is 19.8 Å². The highest BCUT2D eigenvalue weighted by atomic mass is 32.1. The fraction of sp³-hybridized carbons (Fsp3) is 0.500. The maximum absolute atomic E-state index is 12.6. The van der Waals surface area contributed by atoms with Crippen LogP contribution in [0, 0.1) is 0 Å². The second kappa shape index (κ2) is 8.37. The summed E-state index contributed by atoms with van der Waals surface area (Å²) in [6.45, 7) is 3.75. The molecule has 0 aliphatic carbocycles. The van der Waals surface area contributed by atoms with Crippen LogP contribution in [0.15, 0.2) is 28.7 Å². The molecule has 0 aromatic carbocycles. The van der Waals surface area contributed by atoms with Gasteiger partial charge in [-0.15, -0.1) is 11.3 Å². The second-order valence-electron chi connectivity index (χ2n) is 5.58. The van der Waals surface area contributed by atoms with Crippen molar-refractivity contribution >= 4 is 17.3 Å². The molecule has 0 fully saturated rings. The van der Waals surface area contributed by atoms with Crippen LogP contribution in [-0.4, -0.2) is 40.5 Å². The van der Waals surface area contributed by atoms with Crippen LogP contribution in [0.5, 0.6) is 0 Å². The van der Waals surface area contributed by atoms with Gasteiger partial charge in [0, 0.05) is 50.9 Å². The summed E-state index contributed by atoms with van der Waals surface area (Å²) in [6, 6.07) is 4.02. The van der Waals surface area contributed by atoms with Crippen LogP contribution in [0.25, 0.3) is 0 Å². The van der Waals surface area contributed by atoms with Crippen molar-refractivity contribution in [2.75, 3.05) is 20.1 Å². The maximum atomic E-state index is 12.6. The normalized spacial score (nSPS) is 12.5. The van der Waals surface area contributed by atoms with Crippen molar-refractivity contribution in [3.8, 4) is 0 Å². The van der Waals surface area contributed by atoms with Crippen molar-refractivity contribution in [2.24, 2.45) is 12.0 Å². The van der Waals surface area contributed by atoms with Gasteiger partial charge < -0.3 is 14.8 Å². The summed E-state index contributed by atoms with van der Waals surface area (Å²) in [6.07, 6.45) is -2.02. The Hall–Kier alpha value is -2.03. The molecule has 0 unspecified atom stereocenters. The van der Waals surface area contributed by atoms with Crippen LogP contribution in [0.4, 0.5) is 13.2 Å². The van der Waals surface area contributed by atoms with E-state index < -0.39 is 11.9 Å². The first-order chi connectivity index (χ1) is 11.8. The summed E-state index contributed by atoms with van der Waals surface area (Å²) in [4.78, 5) is 10.1. The smallest absolute Gasteiger partial charge is 0.357 e. The summed E-state index contributed by atoms with van der Waals surface area (Å²) in [5.41, 5.74) is 0.312. The lowest BCUT2D eigenvalue weighted by Crippen LogP contribution is -2.39. The zero-order chi connectivity index (χ0) is 18.4. The number of alkyl halides is 3. The van der Waals surface area contributed by atoms with Crippen molar-refractivity contribution in [3.63, 3.8) is 0 Å². The predicted molar refractivity (Wildman–Crippen MR) is 93.7 cm³/mol. The van der Waals surface area contributed by atoms with Gasteiger partial charge in [0.25, 0.3) is 0 Å². The molecule has 0 aliphatic rings. The number of guanidine groups is 1. The predicted octanol–water partition coefficient (Wildman–Crippen LogP) is 3.14. The first-order valence-corrected chi connectivity index (χ1v) is 8.80. The fourth-order valence-electron chi connectivity index (χ4n) is 2.26. The fourth-order valence-corrected chi connectivity index (χ4v) is 3.06. The summed E-state index contributed by atoms with van der Waals surface area (Å²) in [5, 5.41) is 4.69. The van der Waals surface area contributed by atoms with Crippen LogP contribution >= 0.6 is 11.3 Å². The minimum Gasteiger partial charge on any atom is -0.357 e. The molecule has 0 radical (unpaired) electrons. The molecule has 2 aromatic rings. The van der Waals surface area contributed by atoms with Gasteiger partial charge in [-0.2, -0.15) is 13.2 Å². The first kappa shape index (κ1) is 19.3. The Kier molecular flexibility index (Phi) is 6.46. The van der Waals surface area contributed by atoms with E-state index in [-0.39, 0.29) is 0 Å². The SMILES string of the molecule is CCNC(=NCCc1nc(C(F)(F)F)cs1)N(C)Cc1cccn1C. The van der Waals surface area contributed by atoms with Gasteiger partial charge in [0.05, 0.1) is 11.6 Å². The number of thiazole rings is 1. The molecular weight excluding hydrogens is 351 g/mol. The lowest BCUT2D eigenvalue weighted by molar-refractivity contribution is -0.140. The molecule has 0 aliphatic heterocycles. The minimum absolute atomic E-state index is 0.380. The van der Waals surface area contributed by atoms with E-state index in [1.54, 1.807) is 0 Å². The molecule has 2 rings (SSSR count). The topological polar surface area (TPSA) is 45.5 Å². The number of aryl methyl sites for hydroxylation is 1. The molecular formula is C16H22F3N5S. The number of aliphatic imine (C=N–C) groups is 1. The highest BCUT2D eigenvalue weighted by Crippen LogP contribution is 2.30. The maximum Gasteiger partial charge on any atom is 0.434 e. The monoisotopic (exact) mass is 373 g/mol. The third-order valence-electron chi connectivity index (χ3n) is 3.58. The van der Waals surface area contributed by atoms with Crippen LogP contribution in [-0.2, 0) is 26.2 Å². The van der Waals surface area contributed by atoms with Gasteiger partial charge in [0.2, 0.25) is 0 Å². The Labute approximate surface area is 149 Å². The zero-order valence-electron chi connectivity index (χ0n) is 14.5. The van der Waals surface area contributed by atoms with Crippen molar-refractivity contribution in [3.05, 3.63) is 40.1 Å². The molecule has 0 atom stereocenters. The van der Waals surface area contributed by atoms with Crippen LogP contribution in [0.2, 0.25) is 0 Å². The summed E-state index contributed by atoms with van der Waals surface area (Å²) in [7, 11) is 3.91. The van der Waals surface area contributed by atoms with Crippen LogP contribution in [0.1, 0.15) is 23.3 Å². The molecule has 9 heteroatoms. The summed E-state index contributed by atoms with van der Waals surface area (Å²) < 4.78 is 39.7. The highest BCUT2D eigenvalue weighted by molar-refractivity contribution is 7.09. The molecule has 1 N–H and O–H groups in total. The van der Waals surface area contributed by atoms with Crippen LogP contribution < -0.4 is 5.32 Å². The summed E-state index contributed by atoms with van der Waals surface area (Å²) >= 11 is 1.02. The van der Waals surface area contributed by atoms with Gasteiger partial charge in [-0.05, 0) is 19.1 Å². The molecule has 25 heavy (non-hydrogen) atoms. The molecule has 0 spiro atoms.